The number of pyridine rings is 1. The summed E-state index contributed by atoms with van der Waals surface area (Å²) in [5.41, 5.74) is 0.440. The molecule has 1 aromatic rings. The molecule has 0 aliphatic heterocycles. The Bertz CT molecular complexity index is 304. The van der Waals surface area contributed by atoms with Crippen LogP contribution in [0.1, 0.15) is 10.4 Å². The zero-order valence-corrected chi connectivity index (χ0v) is 7.88. The molecule has 0 atom stereocenters. The molecule has 82 valence electrons. The highest BCUT2D eigenvalue weighted by Crippen LogP contribution is 1.93. The first-order valence-electron chi connectivity index (χ1n) is 4.26. The van der Waals surface area contributed by atoms with E-state index in [4.69, 9.17) is 10.4 Å². The number of quaternary nitrogens is 1. The lowest BCUT2D eigenvalue weighted by atomic mass is 10.3. The van der Waals surface area contributed by atoms with Crippen molar-refractivity contribution in [2.45, 2.75) is 0 Å². The zero-order chi connectivity index (χ0) is 11.1. The molecular formula is C8H12N3O4+. The van der Waals surface area contributed by atoms with Crippen molar-refractivity contribution in [1.82, 2.24) is 10.3 Å². The van der Waals surface area contributed by atoms with Crippen molar-refractivity contribution in [2.24, 2.45) is 0 Å². The van der Waals surface area contributed by atoms with Crippen molar-refractivity contribution in [3.63, 3.8) is 0 Å². The van der Waals surface area contributed by atoms with Crippen LogP contribution in [0.15, 0.2) is 24.5 Å². The second-order valence-electron chi connectivity index (χ2n) is 2.63. The molecule has 0 saturated heterocycles. The number of carbonyl (C=O) groups is 1. The van der Waals surface area contributed by atoms with Crippen molar-refractivity contribution in [2.75, 3.05) is 13.2 Å². The Kier molecular flexibility index (Phi) is 4.64. The number of rotatable bonds is 5. The zero-order valence-electron chi connectivity index (χ0n) is 7.88. The molecule has 0 aliphatic carbocycles. The van der Waals surface area contributed by atoms with E-state index in [1.807, 2.05) is 0 Å². The van der Waals surface area contributed by atoms with E-state index in [1.54, 1.807) is 18.3 Å². The second kappa shape index (κ2) is 6.04. The van der Waals surface area contributed by atoms with Gasteiger partial charge in [-0.15, -0.1) is 15.3 Å². The quantitative estimate of drug-likeness (QED) is 0.350. The van der Waals surface area contributed by atoms with Crippen LogP contribution >= 0.6 is 0 Å². The number of carbonyl (C=O) groups excluding carboxylic acids is 1. The maximum Gasteiger partial charge on any atom is 0.252 e. The first-order valence-corrected chi connectivity index (χ1v) is 4.26. The van der Waals surface area contributed by atoms with E-state index in [0.29, 0.717) is 5.56 Å². The summed E-state index contributed by atoms with van der Waals surface area (Å²) in [6, 6.07) is 3.28. The Hall–Kier alpha value is -1.54. The Morgan fingerprint density at radius 1 is 1.60 bits per heavy atom. The minimum atomic E-state index is -1.11. The van der Waals surface area contributed by atoms with Gasteiger partial charge in [0, 0.05) is 18.9 Å². The second-order valence-corrected chi connectivity index (χ2v) is 2.63. The van der Waals surface area contributed by atoms with Gasteiger partial charge in [0.1, 0.15) is 6.61 Å². The Morgan fingerprint density at radius 2 is 2.40 bits per heavy atom. The van der Waals surface area contributed by atoms with Gasteiger partial charge in [-0.3, -0.25) is 9.78 Å². The largest absolute Gasteiger partial charge is 0.349 e. The highest BCUT2D eigenvalue weighted by molar-refractivity contribution is 5.93. The molecule has 0 aromatic carbocycles. The summed E-state index contributed by atoms with van der Waals surface area (Å²) in [5.74, 6) is -0.288. The topological polar surface area (TPSA) is 96.1 Å². The smallest absolute Gasteiger partial charge is 0.252 e. The van der Waals surface area contributed by atoms with Crippen molar-refractivity contribution >= 4 is 5.91 Å². The molecule has 0 bridgehead atoms. The minimum Gasteiger partial charge on any atom is -0.349 e. The Balaban J connectivity index is 2.25. The average molecular weight is 214 g/mol. The Labute approximate surface area is 85.8 Å². The predicted octanol–water partition coefficient (Wildman–Crippen LogP) is -1.59. The maximum atomic E-state index is 11.4. The standard InChI is InChI=1S/C8H11N3O4/c12-8(7-2-1-3-9-6-7)10-4-5-15-11(13)14/h1-3,6,11,13-14H,4-5H2/p+1. The lowest BCUT2D eigenvalue weighted by Gasteiger charge is -2.04. The third-order valence-corrected chi connectivity index (χ3v) is 1.54. The first kappa shape index (κ1) is 11.5. The van der Waals surface area contributed by atoms with Gasteiger partial charge in [0.05, 0.1) is 11.0 Å². The fourth-order valence-corrected chi connectivity index (χ4v) is 0.906. The van der Waals surface area contributed by atoms with E-state index >= 15 is 0 Å². The van der Waals surface area contributed by atoms with Gasteiger partial charge in [-0.2, -0.15) is 0 Å². The molecular weight excluding hydrogens is 202 g/mol. The number of hydrogen-bond donors (Lipinski definition) is 4. The summed E-state index contributed by atoms with van der Waals surface area (Å²) >= 11 is 0. The lowest BCUT2D eigenvalue weighted by Crippen LogP contribution is -3.06. The number of nitrogens with zero attached hydrogens (tertiary/aromatic N) is 1. The fourth-order valence-electron chi connectivity index (χ4n) is 0.906. The van der Waals surface area contributed by atoms with Crippen molar-refractivity contribution in [3.8, 4) is 0 Å². The van der Waals surface area contributed by atoms with Crippen molar-refractivity contribution in [1.29, 1.82) is 0 Å². The normalized spacial score (nSPS) is 10.3. The highest BCUT2D eigenvalue weighted by atomic mass is 17.1. The van der Waals surface area contributed by atoms with Crippen molar-refractivity contribution in [3.05, 3.63) is 30.1 Å². The van der Waals surface area contributed by atoms with Gasteiger partial charge in [-0.25, -0.2) is 0 Å². The van der Waals surface area contributed by atoms with Crippen LogP contribution in [0.5, 0.6) is 0 Å². The van der Waals surface area contributed by atoms with E-state index in [9.17, 15) is 4.79 Å². The van der Waals surface area contributed by atoms with Crippen LogP contribution in [0, 0.1) is 0 Å². The monoisotopic (exact) mass is 214 g/mol. The summed E-state index contributed by atoms with van der Waals surface area (Å²) in [4.78, 5) is 19.5. The van der Waals surface area contributed by atoms with Gasteiger partial charge in [-0.1, -0.05) is 0 Å². The van der Waals surface area contributed by atoms with E-state index in [0.717, 1.165) is 0 Å². The van der Waals surface area contributed by atoms with Gasteiger partial charge in [0.25, 0.3) is 5.91 Å². The summed E-state index contributed by atoms with van der Waals surface area (Å²) in [5, 5.41) is 17.9. The molecule has 0 saturated carbocycles. The van der Waals surface area contributed by atoms with Gasteiger partial charge < -0.3 is 5.32 Å². The average Bonchev–Trinajstić information content (AvgIpc) is 2.25. The molecule has 0 aliphatic rings. The molecule has 4 N–H and O–H groups in total. The molecule has 7 heteroatoms. The van der Waals surface area contributed by atoms with E-state index in [2.05, 4.69) is 15.1 Å². The summed E-state index contributed by atoms with van der Waals surface area (Å²) in [6.45, 7) is 0.173. The summed E-state index contributed by atoms with van der Waals surface area (Å²) in [7, 11) is 0. The van der Waals surface area contributed by atoms with E-state index in [1.165, 1.54) is 6.20 Å². The van der Waals surface area contributed by atoms with Crippen LogP contribution in [0.2, 0.25) is 0 Å². The number of nitrogens with one attached hydrogen (secondary N) is 2. The third kappa shape index (κ3) is 4.47. The molecule has 0 unspecified atom stereocenters. The molecule has 0 radical (unpaired) electrons. The molecule has 1 heterocycles. The van der Waals surface area contributed by atoms with Crippen molar-refractivity contribution < 1.29 is 25.4 Å². The van der Waals surface area contributed by atoms with Crippen LogP contribution in [0.3, 0.4) is 0 Å². The van der Waals surface area contributed by atoms with Crippen LogP contribution in [-0.2, 0) is 4.84 Å². The predicted molar refractivity (Wildman–Crippen MR) is 47.1 cm³/mol. The molecule has 0 fully saturated rings. The van der Waals surface area contributed by atoms with Crippen LogP contribution in [0.4, 0.5) is 0 Å². The summed E-state index contributed by atoms with van der Waals surface area (Å²) < 4.78 is 0. The molecule has 15 heavy (non-hydrogen) atoms. The van der Waals surface area contributed by atoms with E-state index in [-0.39, 0.29) is 19.1 Å². The molecule has 7 nitrogen and oxygen atoms in total. The van der Waals surface area contributed by atoms with Crippen LogP contribution in [0.25, 0.3) is 0 Å². The van der Waals surface area contributed by atoms with Crippen LogP contribution < -0.4 is 10.7 Å². The van der Waals surface area contributed by atoms with Crippen LogP contribution in [-0.4, -0.2) is 34.5 Å². The molecule has 0 spiro atoms. The third-order valence-electron chi connectivity index (χ3n) is 1.54. The summed E-state index contributed by atoms with van der Waals surface area (Å²) in [6.07, 6.45) is 3.00. The number of amides is 1. The number of hydrogen-bond acceptors (Lipinski definition) is 5. The lowest BCUT2D eigenvalue weighted by molar-refractivity contribution is -1.37. The van der Waals surface area contributed by atoms with Gasteiger partial charge in [0.15, 0.2) is 0 Å². The Morgan fingerprint density at radius 3 is 3.00 bits per heavy atom. The van der Waals surface area contributed by atoms with Gasteiger partial charge in [0.2, 0.25) is 0 Å². The SMILES string of the molecule is O=C(NCCO[NH+](O)O)c1cccnc1. The maximum absolute atomic E-state index is 11.4. The highest BCUT2D eigenvalue weighted by Gasteiger charge is 2.04. The molecule has 1 amide bonds. The fraction of sp³-hybridized carbons (Fsp3) is 0.250. The van der Waals surface area contributed by atoms with E-state index < -0.39 is 5.39 Å². The minimum absolute atomic E-state index is 0.00562. The molecule has 1 aromatic heterocycles. The van der Waals surface area contributed by atoms with Gasteiger partial charge in [-0.05, 0) is 12.1 Å². The first-order chi connectivity index (χ1) is 7.20. The van der Waals surface area contributed by atoms with Gasteiger partial charge >= 0.3 is 0 Å². The number of aromatic nitrogens is 1. The molecule has 1 rings (SSSR count).